The fraction of sp³-hybridized carbons (Fsp3) is 0.250. The molecular weight excluding hydrogens is 256 g/mol. The lowest BCUT2D eigenvalue weighted by molar-refractivity contribution is 0.299. The van der Waals surface area contributed by atoms with Gasteiger partial charge in [-0.2, -0.15) is 0 Å². The molecule has 0 amide bonds. The molecule has 0 fully saturated rings. The standard InChI is InChI=1S/C16H16O2S/c1-9-10(2)14-15(11(3)13(9)17)19-16(18-14)12-7-5-4-6-8-12/h4-8,16-17H,1-3H3/t16-/m1/s1. The van der Waals surface area contributed by atoms with Crippen LogP contribution in [0.5, 0.6) is 11.5 Å². The summed E-state index contributed by atoms with van der Waals surface area (Å²) < 4.78 is 6.09. The van der Waals surface area contributed by atoms with E-state index >= 15 is 0 Å². The van der Waals surface area contributed by atoms with Gasteiger partial charge in [0, 0.05) is 11.1 Å². The third kappa shape index (κ3) is 1.89. The number of benzene rings is 2. The van der Waals surface area contributed by atoms with Gasteiger partial charge in [-0.1, -0.05) is 42.1 Å². The van der Waals surface area contributed by atoms with E-state index in [1.165, 1.54) is 0 Å². The van der Waals surface area contributed by atoms with E-state index in [0.717, 1.165) is 32.9 Å². The molecule has 1 aliphatic heterocycles. The first-order valence-corrected chi connectivity index (χ1v) is 7.18. The molecule has 0 bridgehead atoms. The number of phenolic OH excluding ortho intramolecular Hbond substituents is 1. The summed E-state index contributed by atoms with van der Waals surface area (Å²) in [6.45, 7) is 5.88. The third-order valence-electron chi connectivity index (χ3n) is 3.68. The van der Waals surface area contributed by atoms with Crippen molar-refractivity contribution in [1.29, 1.82) is 0 Å². The molecule has 3 heteroatoms. The predicted molar refractivity (Wildman–Crippen MR) is 78.0 cm³/mol. The molecule has 2 nitrogen and oxygen atoms in total. The average Bonchev–Trinajstić information content (AvgIpc) is 2.89. The van der Waals surface area contributed by atoms with Crippen LogP contribution in [0.1, 0.15) is 27.7 Å². The maximum atomic E-state index is 10.1. The van der Waals surface area contributed by atoms with Crippen LogP contribution in [0.15, 0.2) is 35.2 Å². The number of thioether (sulfide) groups is 1. The topological polar surface area (TPSA) is 29.5 Å². The molecule has 0 aliphatic carbocycles. The molecule has 0 saturated carbocycles. The van der Waals surface area contributed by atoms with Crippen LogP contribution >= 0.6 is 11.8 Å². The minimum absolute atomic E-state index is 0.0187. The van der Waals surface area contributed by atoms with Gasteiger partial charge in [0.05, 0.1) is 4.90 Å². The minimum atomic E-state index is -0.0187. The monoisotopic (exact) mass is 272 g/mol. The van der Waals surface area contributed by atoms with Crippen molar-refractivity contribution in [2.75, 3.05) is 0 Å². The van der Waals surface area contributed by atoms with E-state index in [9.17, 15) is 5.11 Å². The highest BCUT2D eigenvalue weighted by Crippen LogP contribution is 2.54. The zero-order chi connectivity index (χ0) is 13.6. The second-order valence-corrected chi connectivity index (χ2v) is 5.93. The number of rotatable bonds is 1. The molecule has 0 aromatic heterocycles. The smallest absolute Gasteiger partial charge is 0.174 e. The van der Waals surface area contributed by atoms with Crippen LogP contribution in [0.2, 0.25) is 0 Å². The normalized spacial score (nSPS) is 17.1. The van der Waals surface area contributed by atoms with Gasteiger partial charge in [0.25, 0.3) is 0 Å². The van der Waals surface area contributed by atoms with Crippen molar-refractivity contribution in [2.24, 2.45) is 0 Å². The first-order valence-electron chi connectivity index (χ1n) is 6.30. The molecule has 0 spiro atoms. The van der Waals surface area contributed by atoms with Crippen LogP contribution in [0, 0.1) is 20.8 Å². The molecule has 19 heavy (non-hydrogen) atoms. The number of hydrogen-bond acceptors (Lipinski definition) is 3. The van der Waals surface area contributed by atoms with Crippen LogP contribution in [0.25, 0.3) is 0 Å². The van der Waals surface area contributed by atoms with Crippen molar-refractivity contribution in [2.45, 2.75) is 31.1 Å². The maximum absolute atomic E-state index is 10.1. The Kier molecular flexibility index (Phi) is 2.94. The maximum Gasteiger partial charge on any atom is 0.174 e. The Morgan fingerprint density at radius 1 is 1.00 bits per heavy atom. The summed E-state index contributed by atoms with van der Waals surface area (Å²) >= 11 is 1.67. The molecule has 3 rings (SSSR count). The first-order chi connectivity index (χ1) is 9.09. The Labute approximate surface area is 117 Å². The molecule has 0 unspecified atom stereocenters. The van der Waals surface area contributed by atoms with Crippen molar-refractivity contribution in [3.8, 4) is 11.5 Å². The molecule has 0 saturated heterocycles. The molecular formula is C16H16O2S. The summed E-state index contributed by atoms with van der Waals surface area (Å²) in [5, 5.41) is 10.1. The molecule has 1 atom stereocenters. The fourth-order valence-electron chi connectivity index (χ4n) is 2.35. The van der Waals surface area contributed by atoms with Crippen LogP contribution in [-0.2, 0) is 0 Å². The van der Waals surface area contributed by atoms with Crippen LogP contribution in [0.3, 0.4) is 0 Å². The van der Waals surface area contributed by atoms with Crippen molar-refractivity contribution in [3.63, 3.8) is 0 Å². The van der Waals surface area contributed by atoms with E-state index in [4.69, 9.17) is 4.74 Å². The third-order valence-corrected chi connectivity index (χ3v) is 4.99. The molecule has 1 aliphatic rings. The van der Waals surface area contributed by atoms with E-state index in [0.29, 0.717) is 5.75 Å². The van der Waals surface area contributed by atoms with Crippen molar-refractivity contribution in [1.82, 2.24) is 0 Å². The summed E-state index contributed by atoms with van der Waals surface area (Å²) in [5.74, 6) is 1.31. The van der Waals surface area contributed by atoms with Gasteiger partial charge in [0.15, 0.2) is 5.44 Å². The Hall–Kier alpha value is -1.61. The molecule has 2 aromatic carbocycles. The zero-order valence-electron chi connectivity index (χ0n) is 11.2. The van der Waals surface area contributed by atoms with E-state index in [2.05, 4.69) is 12.1 Å². The van der Waals surface area contributed by atoms with Crippen molar-refractivity contribution >= 4 is 11.8 Å². The highest BCUT2D eigenvalue weighted by atomic mass is 32.2. The van der Waals surface area contributed by atoms with Crippen molar-refractivity contribution < 1.29 is 9.84 Å². The van der Waals surface area contributed by atoms with Crippen LogP contribution < -0.4 is 4.74 Å². The average molecular weight is 272 g/mol. The molecule has 1 N–H and O–H groups in total. The van der Waals surface area contributed by atoms with Gasteiger partial charge in [-0.3, -0.25) is 0 Å². The molecule has 98 valence electrons. The second-order valence-electron chi connectivity index (χ2n) is 4.86. The van der Waals surface area contributed by atoms with E-state index in [1.807, 2.05) is 39.0 Å². The number of hydrogen-bond donors (Lipinski definition) is 1. The van der Waals surface area contributed by atoms with Gasteiger partial charge in [0.1, 0.15) is 11.5 Å². The molecule has 2 aromatic rings. The summed E-state index contributed by atoms with van der Waals surface area (Å²) in [6, 6.07) is 10.2. The van der Waals surface area contributed by atoms with Crippen LogP contribution in [-0.4, -0.2) is 5.11 Å². The van der Waals surface area contributed by atoms with E-state index in [-0.39, 0.29) is 5.44 Å². The quantitative estimate of drug-likeness (QED) is 0.828. The van der Waals surface area contributed by atoms with E-state index < -0.39 is 0 Å². The van der Waals surface area contributed by atoms with Gasteiger partial charge in [-0.05, 0) is 31.9 Å². The molecule has 0 radical (unpaired) electrons. The summed E-state index contributed by atoms with van der Waals surface area (Å²) in [6.07, 6.45) is 0. The van der Waals surface area contributed by atoms with Crippen molar-refractivity contribution in [3.05, 3.63) is 52.6 Å². The number of phenols is 1. The van der Waals surface area contributed by atoms with Crippen LogP contribution in [0.4, 0.5) is 0 Å². The number of ether oxygens (including phenoxy) is 1. The fourth-order valence-corrected chi connectivity index (χ4v) is 3.58. The Morgan fingerprint density at radius 3 is 2.37 bits per heavy atom. The van der Waals surface area contributed by atoms with Gasteiger partial charge in [0.2, 0.25) is 0 Å². The summed E-state index contributed by atoms with van der Waals surface area (Å²) in [7, 11) is 0. The minimum Gasteiger partial charge on any atom is -0.507 e. The lowest BCUT2D eigenvalue weighted by atomic mass is 10.0. The molecule has 1 heterocycles. The lowest BCUT2D eigenvalue weighted by Crippen LogP contribution is -1.98. The number of aromatic hydroxyl groups is 1. The van der Waals surface area contributed by atoms with Gasteiger partial charge >= 0.3 is 0 Å². The largest absolute Gasteiger partial charge is 0.507 e. The predicted octanol–water partition coefficient (Wildman–Crippen LogP) is 4.50. The Balaban J connectivity index is 2.06. The van der Waals surface area contributed by atoms with E-state index in [1.54, 1.807) is 11.8 Å². The summed E-state index contributed by atoms with van der Waals surface area (Å²) in [4.78, 5) is 1.06. The van der Waals surface area contributed by atoms with Gasteiger partial charge in [-0.15, -0.1) is 0 Å². The number of fused-ring (bicyclic) bond motifs is 1. The zero-order valence-corrected chi connectivity index (χ0v) is 12.0. The Morgan fingerprint density at radius 2 is 1.68 bits per heavy atom. The van der Waals surface area contributed by atoms with Gasteiger partial charge < -0.3 is 9.84 Å². The Bertz CT molecular complexity index is 598. The second kappa shape index (κ2) is 4.49. The lowest BCUT2D eigenvalue weighted by Gasteiger charge is -2.12. The SMILES string of the molecule is Cc1c(C)c2c(c(C)c1O)S[C@H](c1ccccc1)O2. The summed E-state index contributed by atoms with van der Waals surface area (Å²) in [5.41, 5.74) is 3.99. The highest BCUT2D eigenvalue weighted by molar-refractivity contribution is 7.99. The van der Waals surface area contributed by atoms with Gasteiger partial charge in [-0.25, -0.2) is 0 Å². The first kappa shape index (κ1) is 12.4. The highest BCUT2D eigenvalue weighted by Gasteiger charge is 2.30.